The van der Waals surface area contributed by atoms with Crippen LogP contribution in [0, 0.1) is 0 Å². The molecule has 94 valence electrons. The van der Waals surface area contributed by atoms with Crippen LogP contribution in [0.2, 0.25) is 0 Å². The van der Waals surface area contributed by atoms with Crippen molar-refractivity contribution < 1.29 is 4.79 Å². The third-order valence-electron chi connectivity index (χ3n) is 2.85. The van der Waals surface area contributed by atoms with Gasteiger partial charge in [-0.05, 0) is 24.3 Å². The Morgan fingerprint density at radius 1 is 1.44 bits per heavy atom. The average Bonchev–Trinajstić information content (AvgIpc) is 2.39. The van der Waals surface area contributed by atoms with Gasteiger partial charge in [0.05, 0.1) is 17.7 Å². The van der Waals surface area contributed by atoms with Crippen LogP contribution in [-0.4, -0.2) is 31.5 Å². The number of benzene rings is 1. The van der Waals surface area contributed by atoms with Crippen LogP contribution < -0.4 is 16.0 Å². The van der Waals surface area contributed by atoms with Crippen LogP contribution in [-0.2, 0) is 4.79 Å². The van der Waals surface area contributed by atoms with E-state index in [9.17, 15) is 4.79 Å². The highest BCUT2D eigenvalue weighted by Gasteiger charge is 2.11. The van der Waals surface area contributed by atoms with Crippen molar-refractivity contribution in [3.8, 4) is 0 Å². The fourth-order valence-corrected chi connectivity index (χ4v) is 1.89. The number of nitrogens with two attached hydrogens (primary N) is 1. The minimum Gasteiger partial charge on any atom is -0.397 e. The molecule has 0 aliphatic rings. The van der Waals surface area contributed by atoms with Gasteiger partial charge in [0.1, 0.15) is 0 Å². The number of pyridine rings is 1. The Balaban J connectivity index is 2.45. The molecule has 0 aliphatic heterocycles. The summed E-state index contributed by atoms with van der Waals surface area (Å²) >= 11 is 0. The fourth-order valence-electron chi connectivity index (χ4n) is 1.89. The van der Waals surface area contributed by atoms with E-state index in [1.807, 2.05) is 36.2 Å². The zero-order valence-electron chi connectivity index (χ0n) is 10.5. The molecule has 0 spiro atoms. The number of fused-ring (bicyclic) bond motifs is 1. The maximum absolute atomic E-state index is 11.4. The van der Waals surface area contributed by atoms with E-state index in [1.165, 1.54) is 0 Å². The number of amides is 1. The van der Waals surface area contributed by atoms with Crippen molar-refractivity contribution in [1.29, 1.82) is 0 Å². The van der Waals surface area contributed by atoms with Gasteiger partial charge in [-0.3, -0.25) is 9.78 Å². The monoisotopic (exact) mass is 244 g/mol. The number of nitrogens with one attached hydrogen (secondary N) is 1. The molecule has 1 amide bonds. The molecule has 0 aliphatic carbocycles. The van der Waals surface area contributed by atoms with Gasteiger partial charge in [-0.15, -0.1) is 0 Å². The Labute approximate surface area is 106 Å². The van der Waals surface area contributed by atoms with E-state index in [-0.39, 0.29) is 5.91 Å². The third kappa shape index (κ3) is 2.20. The minimum absolute atomic E-state index is 0.0358. The third-order valence-corrected chi connectivity index (χ3v) is 2.85. The topological polar surface area (TPSA) is 71.2 Å². The summed E-state index contributed by atoms with van der Waals surface area (Å²) < 4.78 is 0. The molecule has 0 bridgehead atoms. The van der Waals surface area contributed by atoms with Gasteiger partial charge in [-0.1, -0.05) is 0 Å². The summed E-state index contributed by atoms with van der Waals surface area (Å²) in [6, 6.07) is 7.53. The molecule has 0 fully saturated rings. The largest absolute Gasteiger partial charge is 0.397 e. The number of likely N-dealkylation sites (N-methyl/N-ethyl adjacent to an activating group) is 2. The van der Waals surface area contributed by atoms with E-state index in [1.54, 1.807) is 13.2 Å². The van der Waals surface area contributed by atoms with Crippen molar-refractivity contribution in [3.63, 3.8) is 0 Å². The Hall–Kier alpha value is -2.30. The SMILES string of the molecule is CNC(=O)CN(C)c1ccc(N)c2ncccc12. The summed E-state index contributed by atoms with van der Waals surface area (Å²) in [4.78, 5) is 17.6. The number of hydrogen-bond acceptors (Lipinski definition) is 4. The molecule has 18 heavy (non-hydrogen) atoms. The molecule has 2 aromatic rings. The molecule has 1 aromatic heterocycles. The number of hydrogen-bond donors (Lipinski definition) is 2. The zero-order chi connectivity index (χ0) is 13.1. The highest BCUT2D eigenvalue weighted by molar-refractivity contribution is 5.99. The first-order valence-electron chi connectivity index (χ1n) is 5.68. The summed E-state index contributed by atoms with van der Waals surface area (Å²) in [5.74, 6) is -0.0358. The quantitative estimate of drug-likeness (QED) is 0.790. The minimum atomic E-state index is -0.0358. The van der Waals surface area contributed by atoms with Gasteiger partial charge >= 0.3 is 0 Å². The second-order valence-electron chi connectivity index (χ2n) is 4.10. The molecule has 0 radical (unpaired) electrons. The van der Waals surface area contributed by atoms with Gasteiger partial charge in [0.25, 0.3) is 0 Å². The van der Waals surface area contributed by atoms with Crippen molar-refractivity contribution in [1.82, 2.24) is 10.3 Å². The van der Waals surface area contributed by atoms with E-state index >= 15 is 0 Å². The number of anilines is 2. The van der Waals surface area contributed by atoms with Gasteiger partial charge in [-0.2, -0.15) is 0 Å². The van der Waals surface area contributed by atoms with Crippen LogP contribution in [0.3, 0.4) is 0 Å². The standard InChI is InChI=1S/C13H16N4O/c1-15-12(18)8-17(2)11-6-5-10(14)13-9(11)4-3-7-16-13/h3-7H,8,14H2,1-2H3,(H,15,18). The van der Waals surface area contributed by atoms with Crippen molar-refractivity contribution >= 4 is 28.2 Å². The van der Waals surface area contributed by atoms with Crippen molar-refractivity contribution in [2.24, 2.45) is 0 Å². The number of carbonyl (C=O) groups is 1. The van der Waals surface area contributed by atoms with Crippen LogP contribution in [0.15, 0.2) is 30.5 Å². The predicted octanol–water partition coefficient (Wildman–Crippen LogP) is 0.999. The Morgan fingerprint density at radius 2 is 2.22 bits per heavy atom. The fraction of sp³-hybridized carbons (Fsp3) is 0.231. The predicted molar refractivity (Wildman–Crippen MR) is 73.5 cm³/mol. The van der Waals surface area contributed by atoms with Crippen molar-refractivity contribution in [3.05, 3.63) is 30.5 Å². The molecule has 0 saturated carbocycles. The van der Waals surface area contributed by atoms with E-state index in [0.717, 1.165) is 16.6 Å². The summed E-state index contributed by atoms with van der Waals surface area (Å²) in [6.07, 6.45) is 1.71. The Bertz CT molecular complexity index is 582. The van der Waals surface area contributed by atoms with Crippen LogP contribution in [0.1, 0.15) is 0 Å². The summed E-state index contributed by atoms with van der Waals surface area (Å²) in [6.45, 7) is 0.296. The molecule has 1 heterocycles. The van der Waals surface area contributed by atoms with Crippen molar-refractivity contribution in [2.45, 2.75) is 0 Å². The molecular formula is C13H16N4O. The molecule has 0 atom stereocenters. The normalized spacial score (nSPS) is 10.3. The summed E-state index contributed by atoms with van der Waals surface area (Å²) in [7, 11) is 3.49. The lowest BCUT2D eigenvalue weighted by atomic mass is 10.1. The van der Waals surface area contributed by atoms with Crippen LogP contribution in [0.5, 0.6) is 0 Å². The first kappa shape index (κ1) is 12.2. The maximum atomic E-state index is 11.4. The van der Waals surface area contributed by atoms with E-state index in [2.05, 4.69) is 10.3 Å². The lowest BCUT2D eigenvalue weighted by Gasteiger charge is -2.20. The van der Waals surface area contributed by atoms with E-state index < -0.39 is 0 Å². The average molecular weight is 244 g/mol. The van der Waals surface area contributed by atoms with Gasteiger partial charge in [0, 0.05) is 31.4 Å². The summed E-state index contributed by atoms with van der Waals surface area (Å²) in [5.41, 5.74) is 8.24. The molecule has 3 N–H and O–H groups in total. The molecular weight excluding hydrogens is 228 g/mol. The smallest absolute Gasteiger partial charge is 0.239 e. The number of carbonyl (C=O) groups excluding carboxylic acids is 1. The Morgan fingerprint density at radius 3 is 2.94 bits per heavy atom. The molecule has 0 unspecified atom stereocenters. The van der Waals surface area contributed by atoms with Crippen LogP contribution in [0.4, 0.5) is 11.4 Å². The highest BCUT2D eigenvalue weighted by atomic mass is 16.1. The van der Waals surface area contributed by atoms with Gasteiger partial charge < -0.3 is 16.0 Å². The molecule has 1 aromatic carbocycles. The van der Waals surface area contributed by atoms with E-state index in [4.69, 9.17) is 5.73 Å². The second-order valence-corrected chi connectivity index (χ2v) is 4.10. The number of rotatable bonds is 3. The number of nitrogens with zero attached hydrogens (tertiary/aromatic N) is 2. The first-order chi connectivity index (χ1) is 8.63. The van der Waals surface area contributed by atoms with Crippen LogP contribution in [0.25, 0.3) is 10.9 Å². The maximum Gasteiger partial charge on any atom is 0.239 e. The summed E-state index contributed by atoms with van der Waals surface area (Å²) in [5, 5.41) is 3.55. The van der Waals surface area contributed by atoms with Crippen LogP contribution >= 0.6 is 0 Å². The molecule has 2 rings (SSSR count). The number of aromatic nitrogens is 1. The van der Waals surface area contributed by atoms with Gasteiger partial charge in [0.2, 0.25) is 5.91 Å². The second kappa shape index (κ2) is 4.91. The first-order valence-corrected chi connectivity index (χ1v) is 5.68. The lowest BCUT2D eigenvalue weighted by molar-refractivity contribution is -0.119. The highest BCUT2D eigenvalue weighted by Crippen LogP contribution is 2.28. The van der Waals surface area contributed by atoms with Gasteiger partial charge in [0.15, 0.2) is 0 Å². The Kier molecular flexibility index (Phi) is 3.32. The van der Waals surface area contributed by atoms with Crippen molar-refractivity contribution in [2.75, 3.05) is 31.3 Å². The number of nitrogen functional groups attached to an aromatic ring is 1. The molecule has 5 nitrogen and oxygen atoms in total. The molecule has 5 heteroatoms. The lowest BCUT2D eigenvalue weighted by Crippen LogP contribution is -2.33. The molecule has 0 saturated heterocycles. The van der Waals surface area contributed by atoms with E-state index in [0.29, 0.717) is 12.2 Å². The van der Waals surface area contributed by atoms with Gasteiger partial charge in [-0.25, -0.2) is 0 Å². The zero-order valence-corrected chi connectivity index (χ0v) is 10.5.